The van der Waals surface area contributed by atoms with Gasteiger partial charge in [-0.1, -0.05) is 0 Å². The molecule has 0 bridgehead atoms. The molecule has 5 rings (SSSR count). The van der Waals surface area contributed by atoms with Crippen LogP contribution in [0.1, 0.15) is 40.0 Å². The van der Waals surface area contributed by atoms with E-state index < -0.39 is 0 Å². The van der Waals surface area contributed by atoms with Gasteiger partial charge in [0.2, 0.25) is 5.78 Å². The number of pyridine rings is 1. The Balaban J connectivity index is 1.48. The molecule has 0 radical (unpaired) electrons. The van der Waals surface area contributed by atoms with Gasteiger partial charge in [-0.3, -0.25) is 14.8 Å². The minimum absolute atomic E-state index is 0.103. The molecular weight excluding hydrogens is 366 g/mol. The van der Waals surface area contributed by atoms with Gasteiger partial charge in [-0.25, -0.2) is 0 Å². The first-order chi connectivity index (χ1) is 14.2. The van der Waals surface area contributed by atoms with Crippen molar-refractivity contribution >= 4 is 11.5 Å². The van der Waals surface area contributed by atoms with Crippen molar-refractivity contribution in [2.75, 3.05) is 20.2 Å². The number of ketones is 1. The van der Waals surface area contributed by atoms with Gasteiger partial charge in [-0.05, 0) is 62.5 Å². The molecule has 1 aromatic carbocycles. The van der Waals surface area contributed by atoms with Gasteiger partial charge in [0.05, 0.1) is 30.6 Å². The fourth-order valence-electron chi connectivity index (χ4n) is 4.34. The second-order valence-corrected chi connectivity index (χ2v) is 7.66. The third-order valence-electron chi connectivity index (χ3n) is 5.90. The summed E-state index contributed by atoms with van der Waals surface area (Å²) in [5.74, 6) is 2.19. The zero-order chi connectivity index (χ0) is 19.8. The highest BCUT2D eigenvalue weighted by Gasteiger charge is 2.33. The van der Waals surface area contributed by atoms with Crippen LogP contribution in [0, 0.1) is 5.92 Å². The number of carbonyl (C=O) groups is 1. The maximum atomic E-state index is 13.0. The van der Waals surface area contributed by atoms with Gasteiger partial charge in [-0.2, -0.15) is 0 Å². The average molecular weight is 389 g/mol. The average Bonchev–Trinajstić information content (AvgIpc) is 3.31. The molecular formula is C23H23N3O3. The molecule has 3 aliphatic heterocycles. The van der Waals surface area contributed by atoms with Gasteiger partial charge < -0.3 is 14.8 Å². The number of nitrogens with zero attached hydrogens (tertiary/aromatic N) is 2. The Bertz CT molecular complexity index is 1040. The Labute approximate surface area is 169 Å². The van der Waals surface area contributed by atoms with Crippen molar-refractivity contribution in [3.63, 3.8) is 0 Å². The second kappa shape index (κ2) is 7.44. The summed E-state index contributed by atoms with van der Waals surface area (Å²) in [6.45, 7) is 2.59. The summed E-state index contributed by atoms with van der Waals surface area (Å²) in [7, 11) is 1.67. The molecule has 1 aromatic heterocycles. The number of benzene rings is 1. The molecule has 0 amide bonds. The molecule has 1 N–H and O–H groups in total. The van der Waals surface area contributed by atoms with E-state index in [1.165, 1.54) is 0 Å². The second-order valence-electron chi connectivity index (χ2n) is 7.66. The molecule has 4 heterocycles. The highest BCUT2D eigenvalue weighted by molar-refractivity contribution is 6.19. The van der Waals surface area contributed by atoms with E-state index in [1.807, 2.05) is 18.2 Å². The number of ether oxygens (including phenoxy) is 2. The van der Waals surface area contributed by atoms with Crippen molar-refractivity contribution in [1.29, 1.82) is 0 Å². The zero-order valence-corrected chi connectivity index (χ0v) is 16.4. The van der Waals surface area contributed by atoms with E-state index in [2.05, 4.69) is 15.3 Å². The lowest BCUT2D eigenvalue weighted by Crippen LogP contribution is -2.28. The first-order valence-electron chi connectivity index (χ1n) is 10.1. The molecule has 29 heavy (non-hydrogen) atoms. The topological polar surface area (TPSA) is 72.8 Å². The number of hydrogen-bond acceptors (Lipinski definition) is 6. The fraction of sp³-hybridized carbons (Fsp3) is 0.348. The Hall–Kier alpha value is -2.99. The van der Waals surface area contributed by atoms with Crippen molar-refractivity contribution in [1.82, 2.24) is 10.3 Å². The Morgan fingerprint density at radius 2 is 2.10 bits per heavy atom. The van der Waals surface area contributed by atoms with Crippen LogP contribution in [0.3, 0.4) is 0 Å². The lowest BCUT2D eigenvalue weighted by atomic mass is 9.89. The molecule has 148 valence electrons. The number of carbonyl (C=O) groups excluding carboxylic acids is 1. The largest absolute Gasteiger partial charge is 0.496 e. The van der Waals surface area contributed by atoms with E-state index in [4.69, 9.17) is 9.47 Å². The summed E-state index contributed by atoms with van der Waals surface area (Å²) < 4.78 is 11.7. The first kappa shape index (κ1) is 18.1. The molecule has 1 saturated heterocycles. The molecule has 0 aliphatic carbocycles. The number of allylic oxidation sites excluding steroid dienone is 2. The van der Waals surface area contributed by atoms with Crippen molar-refractivity contribution in [2.24, 2.45) is 10.9 Å². The van der Waals surface area contributed by atoms with Crippen LogP contribution in [0.5, 0.6) is 11.5 Å². The van der Waals surface area contributed by atoms with E-state index in [1.54, 1.807) is 25.4 Å². The number of fused-ring (bicyclic) bond motifs is 2. The minimum Gasteiger partial charge on any atom is -0.496 e. The molecule has 0 atom stereocenters. The first-order valence-corrected chi connectivity index (χ1v) is 10.1. The Kier molecular flexibility index (Phi) is 4.64. The fourth-order valence-corrected chi connectivity index (χ4v) is 4.34. The summed E-state index contributed by atoms with van der Waals surface area (Å²) in [6.07, 6.45) is 6.59. The van der Waals surface area contributed by atoms with Crippen LogP contribution < -0.4 is 14.8 Å². The molecule has 2 aromatic rings. The summed E-state index contributed by atoms with van der Waals surface area (Å²) in [5, 5.41) is 3.40. The summed E-state index contributed by atoms with van der Waals surface area (Å²) in [4.78, 5) is 21.9. The molecule has 1 fully saturated rings. The zero-order valence-electron chi connectivity index (χ0n) is 16.4. The standard InChI is InChI=1S/C23H23N3O3/c1-28-20-5-4-16-22(27)21(12-18-15-3-2-8-25-19(15)13-26-18)29-23(16)17(20)11-14-6-9-24-10-7-14/h2-5,8,12,14,24H,6-7,9-11,13H2,1H3/b21-12-. The molecule has 6 nitrogen and oxygen atoms in total. The number of rotatable bonds is 4. The van der Waals surface area contributed by atoms with Crippen molar-refractivity contribution in [3.8, 4) is 11.5 Å². The maximum absolute atomic E-state index is 13.0. The van der Waals surface area contributed by atoms with E-state index in [0.717, 1.165) is 60.6 Å². The third-order valence-corrected chi connectivity index (χ3v) is 5.90. The molecule has 0 spiro atoms. The van der Waals surface area contributed by atoms with Crippen LogP contribution in [0.2, 0.25) is 0 Å². The van der Waals surface area contributed by atoms with Crippen LogP contribution in [0.25, 0.3) is 0 Å². The maximum Gasteiger partial charge on any atom is 0.232 e. The van der Waals surface area contributed by atoms with Crippen LogP contribution in [-0.4, -0.2) is 36.7 Å². The van der Waals surface area contributed by atoms with E-state index in [-0.39, 0.29) is 5.78 Å². The number of aromatic nitrogens is 1. The van der Waals surface area contributed by atoms with E-state index in [0.29, 0.717) is 29.5 Å². The third kappa shape index (κ3) is 3.23. The van der Waals surface area contributed by atoms with Gasteiger partial charge in [0, 0.05) is 23.4 Å². The van der Waals surface area contributed by atoms with Gasteiger partial charge in [0.25, 0.3) is 0 Å². The predicted octanol–water partition coefficient (Wildman–Crippen LogP) is 3.09. The summed E-state index contributed by atoms with van der Waals surface area (Å²) >= 11 is 0. The van der Waals surface area contributed by atoms with Crippen molar-refractivity contribution in [2.45, 2.75) is 25.8 Å². The number of hydrogen-bond donors (Lipinski definition) is 1. The summed E-state index contributed by atoms with van der Waals surface area (Å²) in [6, 6.07) is 7.54. The number of nitrogens with one attached hydrogen (secondary N) is 1. The van der Waals surface area contributed by atoms with Gasteiger partial charge >= 0.3 is 0 Å². The lowest BCUT2D eigenvalue weighted by Gasteiger charge is -2.24. The summed E-state index contributed by atoms with van der Waals surface area (Å²) in [5.41, 5.74) is 4.22. The SMILES string of the molecule is COc1ccc2c(c1CC1CCNCC1)O/C(=C\C1=NCc3ncccc31)C2=O. The number of aliphatic imine (C=N–C) groups is 1. The van der Waals surface area contributed by atoms with Crippen LogP contribution in [0.15, 0.2) is 47.3 Å². The van der Waals surface area contributed by atoms with E-state index >= 15 is 0 Å². The lowest BCUT2D eigenvalue weighted by molar-refractivity contribution is 0.101. The Morgan fingerprint density at radius 3 is 2.93 bits per heavy atom. The normalized spacial score (nSPS) is 19.7. The molecule has 6 heteroatoms. The van der Waals surface area contributed by atoms with E-state index in [9.17, 15) is 4.79 Å². The number of Topliss-reactive ketones (excluding diaryl/α,β-unsaturated/α-hetero) is 1. The van der Waals surface area contributed by atoms with Gasteiger partial charge in [-0.15, -0.1) is 0 Å². The van der Waals surface area contributed by atoms with Crippen LogP contribution >= 0.6 is 0 Å². The van der Waals surface area contributed by atoms with Crippen molar-refractivity contribution in [3.05, 3.63) is 64.7 Å². The quantitative estimate of drug-likeness (QED) is 0.814. The Morgan fingerprint density at radius 1 is 1.24 bits per heavy atom. The molecule has 0 unspecified atom stereocenters. The minimum atomic E-state index is -0.103. The smallest absolute Gasteiger partial charge is 0.232 e. The predicted molar refractivity (Wildman–Crippen MR) is 110 cm³/mol. The van der Waals surface area contributed by atoms with Gasteiger partial charge in [0.1, 0.15) is 11.5 Å². The molecule has 0 saturated carbocycles. The van der Waals surface area contributed by atoms with Gasteiger partial charge in [0.15, 0.2) is 5.76 Å². The monoisotopic (exact) mass is 389 g/mol. The number of methoxy groups -OCH3 is 1. The highest BCUT2D eigenvalue weighted by Crippen LogP contribution is 2.41. The number of piperidine rings is 1. The molecule has 3 aliphatic rings. The van der Waals surface area contributed by atoms with Crippen LogP contribution in [-0.2, 0) is 13.0 Å². The van der Waals surface area contributed by atoms with Crippen LogP contribution in [0.4, 0.5) is 0 Å². The van der Waals surface area contributed by atoms with Crippen molar-refractivity contribution < 1.29 is 14.3 Å². The highest BCUT2D eigenvalue weighted by atomic mass is 16.5.